The second-order valence-corrected chi connectivity index (χ2v) is 7.91. The van der Waals surface area contributed by atoms with Crippen molar-refractivity contribution in [1.82, 2.24) is 0 Å². The van der Waals surface area contributed by atoms with Crippen molar-refractivity contribution < 1.29 is 9.59 Å². The molecule has 2 N–H and O–H groups in total. The Morgan fingerprint density at radius 3 is 2.35 bits per heavy atom. The average Bonchev–Trinajstić information content (AvgIpc) is 2.79. The van der Waals surface area contributed by atoms with E-state index in [1.807, 2.05) is 79.7 Å². The fourth-order valence-corrected chi connectivity index (χ4v) is 4.23. The summed E-state index contributed by atoms with van der Waals surface area (Å²) >= 11 is 0. The fraction of sp³-hybridized carbons (Fsp3) is 0.111. The molecule has 3 aromatic carbocycles. The molecule has 1 unspecified atom stereocenters. The number of Topliss-reactive ketones (excluding diaryl/α,β-unsaturated/α-hetero) is 2. The number of benzene rings is 3. The Balaban J connectivity index is 1.53. The van der Waals surface area contributed by atoms with Gasteiger partial charge in [0.05, 0.1) is 17.3 Å². The number of nitrogens with one attached hydrogen (secondary N) is 2. The van der Waals surface area contributed by atoms with Crippen LogP contribution in [0.5, 0.6) is 0 Å². The van der Waals surface area contributed by atoms with E-state index in [0.29, 0.717) is 34.4 Å². The highest BCUT2D eigenvalue weighted by Gasteiger charge is 2.37. The molecule has 0 amide bonds. The molecule has 0 fully saturated rings. The molecule has 0 aliphatic heterocycles. The first-order valence-corrected chi connectivity index (χ1v) is 10.4. The minimum Gasteiger partial charge on any atom is -0.378 e. The molecule has 1 atom stereocenters. The van der Waals surface area contributed by atoms with Gasteiger partial charge in [0, 0.05) is 28.1 Å². The maximum atomic E-state index is 13.5. The van der Waals surface area contributed by atoms with E-state index in [2.05, 4.69) is 10.6 Å². The molecule has 0 heterocycles. The van der Waals surface area contributed by atoms with Crippen LogP contribution in [0.25, 0.3) is 0 Å². The second kappa shape index (κ2) is 7.73. The van der Waals surface area contributed by atoms with Crippen LogP contribution in [0.4, 0.5) is 17.1 Å². The van der Waals surface area contributed by atoms with Crippen LogP contribution in [0.3, 0.4) is 0 Å². The number of hydrogen-bond acceptors (Lipinski definition) is 4. The molecule has 2 aliphatic rings. The summed E-state index contributed by atoms with van der Waals surface area (Å²) < 4.78 is 0. The van der Waals surface area contributed by atoms with Crippen LogP contribution >= 0.6 is 0 Å². The van der Waals surface area contributed by atoms with E-state index < -0.39 is 0 Å². The molecule has 4 heteroatoms. The molecule has 0 bridgehead atoms. The van der Waals surface area contributed by atoms with E-state index in [-0.39, 0.29) is 17.6 Å². The third kappa shape index (κ3) is 3.46. The second-order valence-electron chi connectivity index (χ2n) is 7.91. The Kier molecular flexibility index (Phi) is 4.75. The summed E-state index contributed by atoms with van der Waals surface area (Å²) in [7, 11) is 0. The third-order valence-electron chi connectivity index (χ3n) is 5.77. The van der Waals surface area contributed by atoms with E-state index in [4.69, 9.17) is 0 Å². The van der Waals surface area contributed by atoms with E-state index in [9.17, 15) is 9.59 Å². The molecule has 152 valence electrons. The zero-order valence-corrected chi connectivity index (χ0v) is 17.2. The van der Waals surface area contributed by atoms with Gasteiger partial charge in [-0.25, -0.2) is 0 Å². The Labute approximate surface area is 181 Å². The molecule has 5 rings (SSSR count). The van der Waals surface area contributed by atoms with Gasteiger partial charge in [-0.1, -0.05) is 60.2 Å². The smallest absolute Gasteiger partial charge is 0.196 e. The van der Waals surface area contributed by atoms with Gasteiger partial charge in [-0.05, 0) is 43.7 Å². The monoisotopic (exact) mass is 406 g/mol. The number of anilines is 3. The zero-order chi connectivity index (χ0) is 21.4. The molecule has 31 heavy (non-hydrogen) atoms. The summed E-state index contributed by atoms with van der Waals surface area (Å²) in [5.74, 6) is -0.203. The fourth-order valence-electron chi connectivity index (χ4n) is 4.23. The lowest BCUT2D eigenvalue weighted by molar-refractivity contribution is 0.0973. The molecule has 0 radical (unpaired) electrons. The van der Waals surface area contributed by atoms with E-state index in [1.165, 1.54) is 5.56 Å². The van der Waals surface area contributed by atoms with Gasteiger partial charge >= 0.3 is 0 Å². The summed E-state index contributed by atoms with van der Waals surface area (Å²) in [6, 6.07) is 22.9. The Hall–Kier alpha value is -3.92. The predicted octanol–water partition coefficient (Wildman–Crippen LogP) is 5.85. The zero-order valence-electron chi connectivity index (χ0n) is 17.2. The van der Waals surface area contributed by atoms with Gasteiger partial charge < -0.3 is 10.6 Å². The predicted molar refractivity (Wildman–Crippen MR) is 124 cm³/mol. The first kappa shape index (κ1) is 19.1. The van der Waals surface area contributed by atoms with E-state index in [1.54, 1.807) is 12.1 Å². The average molecular weight is 406 g/mol. The number of carbonyl (C=O) groups excluding carboxylic acids is 2. The van der Waals surface area contributed by atoms with Gasteiger partial charge in [-0.3, -0.25) is 9.59 Å². The largest absolute Gasteiger partial charge is 0.378 e. The van der Waals surface area contributed by atoms with Crippen LogP contribution in [-0.2, 0) is 0 Å². The van der Waals surface area contributed by atoms with Crippen molar-refractivity contribution in [3.05, 3.63) is 113 Å². The van der Waals surface area contributed by atoms with Crippen molar-refractivity contribution >= 4 is 28.6 Å². The molecule has 0 saturated carbocycles. The van der Waals surface area contributed by atoms with Crippen LogP contribution in [0.2, 0.25) is 0 Å². The van der Waals surface area contributed by atoms with Crippen LogP contribution in [0, 0.1) is 6.92 Å². The highest BCUT2D eigenvalue weighted by Crippen LogP contribution is 2.37. The van der Waals surface area contributed by atoms with Crippen molar-refractivity contribution in [2.45, 2.75) is 19.4 Å². The summed E-state index contributed by atoms with van der Waals surface area (Å²) in [5.41, 5.74) is 5.55. The highest BCUT2D eigenvalue weighted by atomic mass is 16.1. The molecular weight excluding hydrogens is 384 g/mol. The summed E-state index contributed by atoms with van der Waals surface area (Å²) in [6.45, 7) is 2.04. The van der Waals surface area contributed by atoms with Crippen molar-refractivity contribution in [1.29, 1.82) is 0 Å². The van der Waals surface area contributed by atoms with Crippen LogP contribution < -0.4 is 10.6 Å². The normalized spacial score (nSPS) is 17.3. The lowest BCUT2D eigenvalue weighted by Crippen LogP contribution is -2.34. The summed E-state index contributed by atoms with van der Waals surface area (Å²) in [5, 5.41) is 6.75. The standard InChI is InChI=1S/C27H22N2O2/c1-17-13-15-19(16-14-17)29-23-12-6-10-21-25(23)27(31)20-9-5-11-22(24(20)26(21)30)28-18-7-3-2-4-8-18/h2-11,13-16,23,28-29H,12H2,1H3. The lowest BCUT2D eigenvalue weighted by atomic mass is 9.77. The number of hydrogen-bond donors (Lipinski definition) is 2. The van der Waals surface area contributed by atoms with Crippen molar-refractivity contribution in [3.8, 4) is 0 Å². The Bertz CT molecular complexity index is 1240. The van der Waals surface area contributed by atoms with Crippen molar-refractivity contribution in [3.63, 3.8) is 0 Å². The topological polar surface area (TPSA) is 58.2 Å². The first-order valence-electron chi connectivity index (χ1n) is 10.4. The minimum atomic E-state index is -0.238. The number of para-hydroxylation sites is 1. The molecule has 4 nitrogen and oxygen atoms in total. The summed E-state index contributed by atoms with van der Waals surface area (Å²) in [6.07, 6.45) is 4.42. The van der Waals surface area contributed by atoms with Gasteiger partial charge in [0.1, 0.15) is 0 Å². The van der Waals surface area contributed by atoms with Gasteiger partial charge in [0.15, 0.2) is 11.6 Å². The number of carbonyl (C=O) groups is 2. The SMILES string of the molecule is Cc1ccc(NC2CC=CC3=C2C(=O)c2cccc(Nc4ccccc4)c2C3=O)cc1. The minimum absolute atomic E-state index is 0.0877. The number of allylic oxidation sites excluding steroid dienone is 2. The Morgan fingerprint density at radius 1 is 0.806 bits per heavy atom. The van der Waals surface area contributed by atoms with E-state index in [0.717, 1.165) is 11.4 Å². The van der Waals surface area contributed by atoms with E-state index >= 15 is 0 Å². The number of fused-ring (bicyclic) bond motifs is 1. The van der Waals surface area contributed by atoms with Crippen LogP contribution in [0.15, 0.2) is 96.1 Å². The number of ketones is 2. The highest BCUT2D eigenvalue weighted by molar-refractivity contribution is 6.30. The molecule has 0 spiro atoms. The molecule has 2 aliphatic carbocycles. The molecule has 0 saturated heterocycles. The lowest BCUT2D eigenvalue weighted by Gasteiger charge is -2.30. The molecule has 3 aromatic rings. The third-order valence-corrected chi connectivity index (χ3v) is 5.77. The van der Waals surface area contributed by atoms with Gasteiger partial charge in [0.2, 0.25) is 0 Å². The summed E-state index contributed by atoms with van der Waals surface area (Å²) in [4.78, 5) is 27.1. The molecule has 0 aromatic heterocycles. The molecular formula is C27H22N2O2. The van der Waals surface area contributed by atoms with Crippen LogP contribution in [0.1, 0.15) is 32.7 Å². The van der Waals surface area contributed by atoms with Crippen molar-refractivity contribution in [2.75, 3.05) is 10.6 Å². The van der Waals surface area contributed by atoms with Gasteiger partial charge in [0.25, 0.3) is 0 Å². The Morgan fingerprint density at radius 2 is 1.58 bits per heavy atom. The van der Waals surface area contributed by atoms with Gasteiger partial charge in [-0.15, -0.1) is 0 Å². The maximum absolute atomic E-state index is 13.5. The first-order chi connectivity index (χ1) is 15.1. The van der Waals surface area contributed by atoms with Crippen molar-refractivity contribution in [2.24, 2.45) is 0 Å². The quantitative estimate of drug-likeness (QED) is 0.570. The number of rotatable bonds is 4. The van der Waals surface area contributed by atoms with Crippen LogP contribution in [-0.4, -0.2) is 17.6 Å². The van der Waals surface area contributed by atoms with Gasteiger partial charge in [-0.2, -0.15) is 0 Å². The maximum Gasteiger partial charge on any atom is 0.196 e. The number of aryl methyl sites for hydroxylation is 1.